The van der Waals surface area contributed by atoms with E-state index in [4.69, 9.17) is 9.47 Å². The Kier molecular flexibility index (Phi) is 7.25. The van der Waals surface area contributed by atoms with E-state index in [1.54, 1.807) is 23.1 Å². The molecule has 0 N–H and O–H groups in total. The number of sulfonamides is 1. The van der Waals surface area contributed by atoms with E-state index < -0.39 is 15.9 Å². The summed E-state index contributed by atoms with van der Waals surface area (Å²) in [5.74, 6) is -0.487. The number of thiazole rings is 1. The number of fused-ring (bicyclic) bond motifs is 1. The molecular weight excluding hydrogens is 505 g/mol. The van der Waals surface area contributed by atoms with Crippen LogP contribution >= 0.6 is 11.3 Å². The number of halogens is 1. The first-order chi connectivity index (χ1) is 17.3. The Morgan fingerprint density at radius 1 is 1.22 bits per heavy atom. The van der Waals surface area contributed by atoms with Crippen LogP contribution < -0.4 is 9.64 Å². The van der Waals surface area contributed by atoms with Crippen LogP contribution in [0, 0.1) is 11.7 Å². The van der Waals surface area contributed by atoms with Crippen LogP contribution in [0.4, 0.5) is 9.52 Å². The van der Waals surface area contributed by atoms with Gasteiger partial charge in [-0.1, -0.05) is 11.3 Å². The van der Waals surface area contributed by atoms with E-state index in [1.807, 2.05) is 0 Å². The molecule has 1 amide bonds. The Morgan fingerprint density at radius 2 is 2.03 bits per heavy atom. The lowest BCUT2D eigenvalue weighted by molar-refractivity contribution is -0.123. The number of piperidine rings is 1. The summed E-state index contributed by atoms with van der Waals surface area (Å²) in [5, 5.41) is 0.478. The molecule has 2 atom stereocenters. The summed E-state index contributed by atoms with van der Waals surface area (Å²) in [6.07, 6.45) is 2.81. The number of benzene rings is 2. The predicted octanol–water partition coefficient (Wildman–Crippen LogP) is 4.06. The van der Waals surface area contributed by atoms with Crippen molar-refractivity contribution in [3.63, 3.8) is 0 Å². The normalized spacial score (nSPS) is 21.1. The fourth-order valence-corrected chi connectivity index (χ4v) is 7.26. The number of amides is 1. The number of rotatable bonds is 7. The van der Waals surface area contributed by atoms with Gasteiger partial charge >= 0.3 is 0 Å². The van der Waals surface area contributed by atoms with Crippen molar-refractivity contribution < 1.29 is 27.1 Å². The number of ether oxygens (including phenoxy) is 2. The molecule has 2 aliphatic heterocycles. The minimum atomic E-state index is -3.76. The highest BCUT2D eigenvalue weighted by Crippen LogP contribution is 2.33. The predicted molar refractivity (Wildman–Crippen MR) is 135 cm³/mol. The zero-order valence-corrected chi connectivity index (χ0v) is 21.6. The quantitative estimate of drug-likeness (QED) is 0.455. The van der Waals surface area contributed by atoms with Crippen LogP contribution in [0.1, 0.15) is 25.7 Å². The Labute approximate surface area is 213 Å². The third-order valence-corrected chi connectivity index (χ3v) is 9.60. The monoisotopic (exact) mass is 533 g/mol. The molecule has 0 bridgehead atoms. The summed E-state index contributed by atoms with van der Waals surface area (Å²) in [4.78, 5) is 20.2. The summed E-state index contributed by atoms with van der Waals surface area (Å²) < 4.78 is 53.4. The Bertz CT molecular complexity index is 1340. The van der Waals surface area contributed by atoms with E-state index in [0.29, 0.717) is 53.6 Å². The van der Waals surface area contributed by atoms with E-state index in [9.17, 15) is 17.6 Å². The second kappa shape index (κ2) is 10.4. The van der Waals surface area contributed by atoms with E-state index in [1.165, 1.54) is 47.0 Å². The van der Waals surface area contributed by atoms with Gasteiger partial charge in [0.25, 0.3) is 0 Å². The lowest BCUT2D eigenvalue weighted by Gasteiger charge is -2.34. The van der Waals surface area contributed by atoms with Crippen molar-refractivity contribution in [1.82, 2.24) is 9.29 Å². The van der Waals surface area contributed by atoms with Crippen molar-refractivity contribution in [3.05, 3.63) is 48.3 Å². The lowest BCUT2D eigenvalue weighted by atomic mass is 9.98. The van der Waals surface area contributed by atoms with E-state index in [2.05, 4.69) is 4.98 Å². The van der Waals surface area contributed by atoms with Crippen molar-refractivity contribution in [2.24, 2.45) is 5.92 Å². The molecule has 2 unspecified atom stereocenters. The second-order valence-electron chi connectivity index (χ2n) is 9.07. The van der Waals surface area contributed by atoms with E-state index in [0.717, 1.165) is 12.8 Å². The van der Waals surface area contributed by atoms with Crippen molar-refractivity contribution in [1.29, 1.82) is 0 Å². The molecule has 0 saturated carbocycles. The summed E-state index contributed by atoms with van der Waals surface area (Å²) in [5.41, 5.74) is 0.619. The van der Waals surface area contributed by atoms with Gasteiger partial charge in [-0.15, -0.1) is 0 Å². The van der Waals surface area contributed by atoms with Gasteiger partial charge in [-0.05, 0) is 68.1 Å². The van der Waals surface area contributed by atoms with Crippen LogP contribution in [-0.4, -0.2) is 63.1 Å². The van der Waals surface area contributed by atoms with Crippen molar-refractivity contribution >= 4 is 42.6 Å². The number of nitrogens with zero attached hydrogens (tertiary/aromatic N) is 3. The van der Waals surface area contributed by atoms with Gasteiger partial charge in [0.1, 0.15) is 11.6 Å². The van der Waals surface area contributed by atoms with Gasteiger partial charge in [0, 0.05) is 19.7 Å². The standard InChI is InChI=1S/C25H28FN3O5S2/c1-33-19-7-9-21(10-8-19)36(31,32)28-12-2-4-17(15-28)24(30)29(16-20-5-3-13-34-20)25-27-22-11-6-18(26)14-23(22)35-25/h6-11,14,17,20H,2-5,12-13,15-16H2,1H3. The Balaban J connectivity index is 1.40. The number of hydrogen-bond acceptors (Lipinski definition) is 7. The van der Waals surface area contributed by atoms with Crippen LogP contribution in [0.3, 0.4) is 0 Å². The molecule has 2 saturated heterocycles. The largest absolute Gasteiger partial charge is 0.497 e. The van der Waals surface area contributed by atoms with Crippen LogP contribution in [0.2, 0.25) is 0 Å². The number of aromatic nitrogens is 1. The van der Waals surface area contributed by atoms with Gasteiger partial charge in [0.05, 0.1) is 40.8 Å². The van der Waals surface area contributed by atoms with Crippen LogP contribution in [0.15, 0.2) is 47.4 Å². The van der Waals surface area contributed by atoms with Gasteiger partial charge < -0.3 is 9.47 Å². The van der Waals surface area contributed by atoms with Crippen molar-refractivity contribution in [2.75, 3.05) is 38.3 Å². The third kappa shape index (κ3) is 5.10. The Morgan fingerprint density at radius 3 is 2.75 bits per heavy atom. The van der Waals surface area contributed by atoms with Gasteiger partial charge in [-0.25, -0.2) is 17.8 Å². The minimum Gasteiger partial charge on any atom is -0.497 e. The fourth-order valence-electron chi connectivity index (χ4n) is 4.74. The molecule has 5 rings (SSSR count). The molecule has 2 fully saturated rings. The molecule has 36 heavy (non-hydrogen) atoms. The van der Waals surface area contributed by atoms with Gasteiger partial charge in [0.2, 0.25) is 15.9 Å². The van der Waals surface area contributed by atoms with Crippen molar-refractivity contribution in [2.45, 2.75) is 36.7 Å². The number of carbonyl (C=O) groups excluding carboxylic acids is 1. The van der Waals surface area contributed by atoms with Gasteiger partial charge in [0.15, 0.2) is 5.13 Å². The van der Waals surface area contributed by atoms with Crippen LogP contribution in [0.5, 0.6) is 5.75 Å². The molecule has 192 valence electrons. The maximum absolute atomic E-state index is 13.8. The Hall–Kier alpha value is -2.60. The second-order valence-corrected chi connectivity index (χ2v) is 12.0. The SMILES string of the molecule is COc1ccc(S(=O)(=O)N2CCCC(C(=O)N(CC3CCCO3)c3nc4ccc(F)cc4s3)C2)cc1. The van der Waals surface area contributed by atoms with Crippen LogP contribution in [0.25, 0.3) is 10.2 Å². The zero-order valence-electron chi connectivity index (χ0n) is 19.9. The highest BCUT2D eigenvalue weighted by molar-refractivity contribution is 7.89. The third-order valence-electron chi connectivity index (χ3n) is 6.68. The summed E-state index contributed by atoms with van der Waals surface area (Å²) in [6, 6.07) is 10.6. The minimum absolute atomic E-state index is 0.0920. The molecule has 3 heterocycles. The number of hydrogen-bond donors (Lipinski definition) is 0. The first-order valence-corrected chi connectivity index (χ1v) is 14.2. The smallest absolute Gasteiger partial charge is 0.243 e. The molecule has 3 aromatic rings. The highest BCUT2D eigenvalue weighted by atomic mass is 32.2. The molecule has 8 nitrogen and oxygen atoms in total. The lowest BCUT2D eigenvalue weighted by Crippen LogP contribution is -2.48. The van der Waals surface area contributed by atoms with Gasteiger partial charge in [-0.3, -0.25) is 9.69 Å². The topological polar surface area (TPSA) is 89.0 Å². The van der Waals surface area contributed by atoms with E-state index in [-0.39, 0.29) is 29.3 Å². The maximum atomic E-state index is 13.8. The maximum Gasteiger partial charge on any atom is 0.243 e. The number of methoxy groups -OCH3 is 1. The van der Waals surface area contributed by atoms with Crippen molar-refractivity contribution in [3.8, 4) is 5.75 Å². The molecule has 2 aliphatic rings. The zero-order chi connectivity index (χ0) is 25.3. The van der Waals surface area contributed by atoms with E-state index >= 15 is 0 Å². The van der Waals surface area contributed by atoms with Gasteiger partial charge in [-0.2, -0.15) is 4.31 Å². The molecule has 1 aromatic heterocycles. The van der Waals surface area contributed by atoms with Crippen LogP contribution in [-0.2, 0) is 19.6 Å². The average molecular weight is 534 g/mol. The summed E-state index contributed by atoms with van der Waals surface area (Å²) >= 11 is 1.26. The summed E-state index contributed by atoms with van der Waals surface area (Å²) in [7, 11) is -2.24. The molecule has 0 aliphatic carbocycles. The average Bonchev–Trinajstić information content (AvgIpc) is 3.56. The molecule has 11 heteroatoms. The molecular formula is C25H28FN3O5S2. The highest BCUT2D eigenvalue weighted by Gasteiger charge is 2.37. The first-order valence-electron chi connectivity index (χ1n) is 12.0. The molecule has 0 spiro atoms. The fraction of sp³-hybridized carbons (Fsp3) is 0.440. The summed E-state index contributed by atoms with van der Waals surface area (Å²) in [6.45, 7) is 1.43. The first kappa shape index (κ1) is 25.1. The number of carbonyl (C=O) groups is 1. The molecule has 0 radical (unpaired) electrons. The number of anilines is 1. The molecule has 2 aromatic carbocycles.